The monoisotopic (exact) mass is 366 g/mol. The standard InChI is InChI=1S/C15H15ClN4OS2/c16-12-3-5-13(6-4-12)23-9-8-18-15(22)20-19-14(21)11-2-1-7-17-10-11/h1-7,10H,8-9H2,(H,19,21)(H2,18,20,22). The Morgan fingerprint density at radius 3 is 2.70 bits per heavy atom. The largest absolute Gasteiger partial charge is 0.361 e. The lowest BCUT2D eigenvalue weighted by molar-refractivity contribution is 0.0943. The van der Waals surface area contributed by atoms with Gasteiger partial charge in [0.15, 0.2) is 5.11 Å². The van der Waals surface area contributed by atoms with E-state index in [0.29, 0.717) is 17.2 Å². The van der Waals surface area contributed by atoms with Gasteiger partial charge < -0.3 is 5.32 Å². The van der Waals surface area contributed by atoms with Gasteiger partial charge in [0.1, 0.15) is 0 Å². The lowest BCUT2D eigenvalue weighted by Crippen LogP contribution is -2.47. The highest BCUT2D eigenvalue weighted by atomic mass is 35.5. The number of thiocarbonyl (C=S) groups is 1. The van der Waals surface area contributed by atoms with Crippen LogP contribution >= 0.6 is 35.6 Å². The number of halogens is 1. The fourth-order valence-corrected chi connectivity index (χ4v) is 2.64. The zero-order valence-electron chi connectivity index (χ0n) is 12.1. The molecule has 3 N–H and O–H groups in total. The molecule has 5 nitrogen and oxygen atoms in total. The predicted octanol–water partition coefficient (Wildman–Crippen LogP) is 2.64. The maximum absolute atomic E-state index is 11.8. The molecule has 1 amide bonds. The molecule has 23 heavy (non-hydrogen) atoms. The number of carbonyl (C=O) groups is 1. The zero-order chi connectivity index (χ0) is 16.5. The van der Waals surface area contributed by atoms with Crippen LogP contribution in [0.2, 0.25) is 5.02 Å². The molecule has 0 unspecified atom stereocenters. The molecule has 2 aromatic rings. The number of pyridine rings is 1. The minimum absolute atomic E-state index is 0.294. The third-order valence-electron chi connectivity index (χ3n) is 2.68. The van der Waals surface area contributed by atoms with Gasteiger partial charge in [-0.3, -0.25) is 20.6 Å². The lowest BCUT2D eigenvalue weighted by atomic mass is 10.3. The quantitative estimate of drug-likeness (QED) is 0.327. The van der Waals surface area contributed by atoms with E-state index in [-0.39, 0.29) is 5.91 Å². The first-order valence-electron chi connectivity index (χ1n) is 6.78. The summed E-state index contributed by atoms with van der Waals surface area (Å²) < 4.78 is 0. The van der Waals surface area contributed by atoms with Crippen molar-refractivity contribution in [1.29, 1.82) is 0 Å². The van der Waals surface area contributed by atoms with Gasteiger partial charge in [0, 0.05) is 34.6 Å². The van der Waals surface area contributed by atoms with Crippen molar-refractivity contribution in [2.75, 3.05) is 12.3 Å². The van der Waals surface area contributed by atoms with Crippen LogP contribution in [0, 0.1) is 0 Å². The Balaban J connectivity index is 1.62. The van der Waals surface area contributed by atoms with Crippen LogP contribution in [-0.2, 0) is 0 Å². The van der Waals surface area contributed by atoms with E-state index in [1.54, 1.807) is 30.1 Å². The van der Waals surface area contributed by atoms with Gasteiger partial charge in [-0.05, 0) is 48.6 Å². The molecular weight excluding hydrogens is 352 g/mol. The smallest absolute Gasteiger partial charge is 0.271 e. The summed E-state index contributed by atoms with van der Waals surface area (Å²) in [6.45, 7) is 0.669. The second-order valence-electron chi connectivity index (χ2n) is 4.38. The first kappa shape index (κ1) is 17.5. The van der Waals surface area contributed by atoms with Crippen LogP contribution in [0.25, 0.3) is 0 Å². The number of hydrazine groups is 1. The van der Waals surface area contributed by atoms with E-state index in [2.05, 4.69) is 21.2 Å². The van der Waals surface area contributed by atoms with E-state index in [0.717, 1.165) is 15.7 Å². The third kappa shape index (κ3) is 6.43. The summed E-state index contributed by atoms with van der Waals surface area (Å²) in [4.78, 5) is 16.8. The zero-order valence-corrected chi connectivity index (χ0v) is 14.5. The van der Waals surface area contributed by atoms with Crippen LogP contribution in [0.15, 0.2) is 53.7 Å². The molecule has 8 heteroatoms. The maximum Gasteiger partial charge on any atom is 0.271 e. The molecule has 0 saturated heterocycles. The number of rotatable bonds is 5. The van der Waals surface area contributed by atoms with E-state index in [1.807, 2.05) is 24.3 Å². The SMILES string of the molecule is O=C(NNC(=S)NCCSc1ccc(Cl)cc1)c1cccnc1. The molecule has 0 spiro atoms. The Bertz CT molecular complexity index is 652. The van der Waals surface area contributed by atoms with Crippen molar-refractivity contribution in [3.8, 4) is 0 Å². The second-order valence-corrected chi connectivity index (χ2v) is 6.39. The van der Waals surface area contributed by atoms with Crippen molar-refractivity contribution in [3.63, 3.8) is 0 Å². The number of hydrogen-bond acceptors (Lipinski definition) is 4. The normalized spacial score (nSPS) is 9.96. The highest BCUT2D eigenvalue weighted by Gasteiger charge is 2.04. The summed E-state index contributed by atoms with van der Waals surface area (Å²) >= 11 is 12.6. The molecule has 0 radical (unpaired) electrons. The number of nitrogens with zero attached hydrogens (tertiary/aromatic N) is 1. The summed E-state index contributed by atoms with van der Waals surface area (Å²) in [5.41, 5.74) is 5.62. The molecule has 0 aliphatic carbocycles. The number of benzene rings is 1. The molecule has 0 aliphatic rings. The highest BCUT2D eigenvalue weighted by molar-refractivity contribution is 7.99. The van der Waals surface area contributed by atoms with E-state index in [1.165, 1.54) is 6.20 Å². The van der Waals surface area contributed by atoms with Crippen LogP contribution in [0.5, 0.6) is 0 Å². The second kappa shape index (κ2) is 9.34. The van der Waals surface area contributed by atoms with Gasteiger partial charge in [0.2, 0.25) is 0 Å². The molecule has 2 rings (SSSR count). The van der Waals surface area contributed by atoms with Crippen LogP contribution in [0.4, 0.5) is 0 Å². The topological polar surface area (TPSA) is 66.1 Å². The maximum atomic E-state index is 11.8. The Labute approximate surface area is 149 Å². The Morgan fingerprint density at radius 2 is 2.00 bits per heavy atom. The molecule has 1 aromatic carbocycles. The molecule has 0 fully saturated rings. The highest BCUT2D eigenvalue weighted by Crippen LogP contribution is 2.19. The molecule has 1 heterocycles. The lowest BCUT2D eigenvalue weighted by Gasteiger charge is -2.11. The van der Waals surface area contributed by atoms with Crippen molar-refractivity contribution in [1.82, 2.24) is 21.2 Å². The van der Waals surface area contributed by atoms with Crippen molar-refractivity contribution in [2.24, 2.45) is 0 Å². The van der Waals surface area contributed by atoms with Crippen LogP contribution in [0.3, 0.4) is 0 Å². The van der Waals surface area contributed by atoms with Crippen molar-refractivity contribution >= 4 is 46.6 Å². The minimum Gasteiger partial charge on any atom is -0.361 e. The van der Waals surface area contributed by atoms with Crippen LogP contribution < -0.4 is 16.2 Å². The van der Waals surface area contributed by atoms with Gasteiger partial charge in [-0.1, -0.05) is 11.6 Å². The summed E-state index contributed by atoms with van der Waals surface area (Å²) in [5, 5.41) is 4.10. The Morgan fingerprint density at radius 1 is 1.22 bits per heavy atom. The fourth-order valence-electron chi connectivity index (χ4n) is 1.59. The van der Waals surface area contributed by atoms with E-state index < -0.39 is 0 Å². The number of nitrogens with one attached hydrogen (secondary N) is 3. The fraction of sp³-hybridized carbons (Fsp3) is 0.133. The summed E-state index contributed by atoms with van der Waals surface area (Å²) in [6.07, 6.45) is 3.09. The molecule has 1 aromatic heterocycles. The number of carbonyl (C=O) groups excluding carboxylic acids is 1. The van der Waals surface area contributed by atoms with E-state index in [9.17, 15) is 4.79 Å². The predicted molar refractivity (Wildman–Crippen MR) is 97.6 cm³/mol. The average molecular weight is 367 g/mol. The summed E-state index contributed by atoms with van der Waals surface area (Å²) in [7, 11) is 0. The van der Waals surface area contributed by atoms with Gasteiger partial charge in [0.05, 0.1) is 5.56 Å². The number of amides is 1. The first-order chi connectivity index (χ1) is 11.1. The average Bonchev–Trinajstić information content (AvgIpc) is 2.59. The van der Waals surface area contributed by atoms with Gasteiger partial charge >= 0.3 is 0 Å². The Hall–Kier alpha value is -1.83. The molecule has 0 aliphatic heterocycles. The van der Waals surface area contributed by atoms with Crippen molar-refractivity contribution in [2.45, 2.75) is 4.90 Å². The van der Waals surface area contributed by atoms with E-state index in [4.69, 9.17) is 23.8 Å². The van der Waals surface area contributed by atoms with E-state index >= 15 is 0 Å². The minimum atomic E-state index is -0.294. The molecule has 0 saturated carbocycles. The summed E-state index contributed by atoms with van der Waals surface area (Å²) in [6, 6.07) is 11.0. The number of thioether (sulfide) groups is 1. The molecule has 0 atom stereocenters. The van der Waals surface area contributed by atoms with Gasteiger partial charge in [-0.15, -0.1) is 11.8 Å². The number of hydrogen-bond donors (Lipinski definition) is 3. The summed E-state index contributed by atoms with van der Waals surface area (Å²) in [5.74, 6) is 0.540. The number of aromatic nitrogens is 1. The Kier molecular flexibility index (Phi) is 7.12. The first-order valence-corrected chi connectivity index (χ1v) is 8.55. The molecule has 120 valence electrons. The van der Waals surface area contributed by atoms with Gasteiger partial charge in [-0.25, -0.2) is 0 Å². The van der Waals surface area contributed by atoms with Crippen LogP contribution in [0.1, 0.15) is 10.4 Å². The van der Waals surface area contributed by atoms with Gasteiger partial charge in [0.25, 0.3) is 5.91 Å². The molecule has 0 bridgehead atoms. The third-order valence-corrected chi connectivity index (χ3v) is 4.20. The van der Waals surface area contributed by atoms with Crippen molar-refractivity contribution < 1.29 is 4.79 Å². The van der Waals surface area contributed by atoms with Gasteiger partial charge in [-0.2, -0.15) is 0 Å². The molecular formula is C15H15ClN4OS2. The van der Waals surface area contributed by atoms with Crippen LogP contribution in [-0.4, -0.2) is 28.3 Å². The van der Waals surface area contributed by atoms with Crippen molar-refractivity contribution in [3.05, 3.63) is 59.4 Å².